The van der Waals surface area contributed by atoms with E-state index in [4.69, 9.17) is 14.2 Å². The van der Waals surface area contributed by atoms with Crippen molar-refractivity contribution in [3.8, 4) is 5.75 Å². The van der Waals surface area contributed by atoms with Gasteiger partial charge in [-0.05, 0) is 70.7 Å². The normalized spacial score (nSPS) is 14.2. The second kappa shape index (κ2) is 12.8. The molecule has 188 valence electrons. The minimum atomic E-state index is -0.788. The summed E-state index contributed by atoms with van der Waals surface area (Å²) in [5.41, 5.74) is -0.116. The average Bonchev–Trinajstić information content (AvgIpc) is 2.77. The first kappa shape index (κ1) is 26.9. The number of carbonyl (C=O) groups excluding carboxylic acids is 4. The Morgan fingerprint density at radius 1 is 1.03 bits per heavy atom. The van der Waals surface area contributed by atoms with Gasteiger partial charge in [-0.2, -0.15) is 0 Å². The smallest absolute Gasteiger partial charge is 0.444 e. The lowest BCUT2D eigenvalue weighted by Gasteiger charge is -2.32. The van der Waals surface area contributed by atoms with Gasteiger partial charge in [-0.15, -0.1) is 0 Å². The van der Waals surface area contributed by atoms with Crippen LogP contribution in [-0.2, 0) is 14.3 Å². The molecule has 0 bridgehead atoms. The number of nitrogens with one attached hydrogen (secondary N) is 2. The maximum atomic E-state index is 12.4. The van der Waals surface area contributed by atoms with E-state index < -0.39 is 17.8 Å². The van der Waals surface area contributed by atoms with Crippen LogP contribution in [-0.4, -0.2) is 67.3 Å². The Balaban J connectivity index is 1.66. The number of alkyl carbamates (subject to hydrolysis) is 1. The molecule has 0 radical (unpaired) electrons. The van der Waals surface area contributed by atoms with Crippen LogP contribution in [0.25, 0.3) is 0 Å². The molecule has 1 aliphatic heterocycles. The van der Waals surface area contributed by atoms with E-state index in [-0.39, 0.29) is 37.3 Å². The van der Waals surface area contributed by atoms with E-state index in [1.54, 1.807) is 44.7 Å². The fourth-order valence-electron chi connectivity index (χ4n) is 3.39. The minimum absolute atomic E-state index is 0.0105. The Morgan fingerprint density at radius 3 is 2.26 bits per heavy atom. The van der Waals surface area contributed by atoms with Gasteiger partial charge in [0.15, 0.2) is 0 Å². The maximum Gasteiger partial charge on any atom is 0.513 e. The third kappa shape index (κ3) is 9.68. The molecular formula is C24H35N3O7. The molecule has 1 aromatic rings. The van der Waals surface area contributed by atoms with E-state index in [1.165, 1.54) is 12.1 Å². The summed E-state index contributed by atoms with van der Waals surface area (Å²) in [4.78, 5) is 49.6. The fraction of sp³-hybridized carbons (Fsp3) is 0.583. The van der Waals surface area contributed by atoms with Crippen molar-refractivity contribution < 1.29 is 33.4 Å². The second-order valence-electron chi connectivity index (χ2n) is 9.02. The van der Waals surface area contributed by atoms with Gasteiger partial charge in [-0.3, -0.25) is 9.59 Å². The quantitative estimate of drug-likeness (QED) is 0.436. The van der Waals surface area contributed by atoms with E-state index >= 15 is 0 Å². The zero-order chi connectivity index (χ0) is 25.1. The number of benzene rings is 1. The predicted octanol–water partition coefficient (Wildman–Crippen LogP) is 3.11. The number of hydrogen-bond acceptors (Lipinski definition) is 7. The summed E-state index contributed by atoms with van der Waals surface area (Å²) in [5.74, 6) is 0.353. The first-order valence-electron chi connectivity index (χ1n) is 11.5. The molecule has 0 unspecified atom stereocenters. The molecule has 2 rings (SSSR count). The Labute approximate surface area is 200 Å². The van der Waals surface area contributed by atoms with E-state index in [1.807, 2.05) is 0 Å². The van der Waals surface area contributed by atoms with Gasteiger partial charge in [0.1, 0.15) is 11.4 Å². The van der Waals surface area contributed by atoms with Crippen molar-refractivity contribution in [3.05, 3.63) is 29.8 Å². The maximum absolute atomic E-state index is 12.4. The molecule has 3 amide bonds. The third-order valence-corrected chi connectivity index (χ3v) is 5.11. The van der Waals surface area contributed by atoms with Gasteiger partial charge in [-0.1, -0.05) is 0 Å². The molecule has 2 N–H and O–H groups in total. The molecule has 0 aliphatic carbocycles. The first-order valence-corrected chi connectivity index (χ1v) is 11.5. The lowest BCUT2D eigenvalue weighted by Crippen LogP contribution is -2.42. The standard InChI is InChI=1S/C24H35N3O7/c1-5-32-23(31)33-19-8-6-18(7-9-19)21(29)26-16-17-11-14-27(15-12-17)20(28)10-13-25-22(30)34-24(2,3)4/h6-9,17H,5,10-16H2,1-4H3,(H,25,30)(H,26,29). The summed E-state index contributed by atoms with van der Waals surface area (Å²) >= 11 is 0. The molecule has 0 saturated carbocycles. The SMILES string of the molecule is CCOC(=O)Oc1ccc(C(=O)NCC2CCN(C(=O)CCNC(=O)OC(C)(C)C)CC2)cc1. The van der Waals surface area contributed by atoms with Crippen molar-refractivity contribution in [2.75, 3.05) is 32.8 Å². The Hall–Kier alpha value is -3.30. The summed E-state index contributed by atoms with van der Waals surface area (Å²) < 4.78 is 14.8. The van der Waals surface area contributed by atoms with Crippen molar-refractivity contribution >= 4 is 24.1 Å². The number of carbonyl (C=O) groups is 4. The van der Waals surface area contributed by atoms with Crippen LogP contribution in [0.4, 0.5) is 9.59 Å². The third-order valence-electron chi connectivity index (χ3n) is 5.11. The number of ether oxygens (including phenoxy) is 3. The largest absolute Gasteiger partial charge is 0.513 e. The van der Waals surface area contributed by atoms with Crippen LogP contribution in [0.1, 0.15) is 57.3 Å². The van der Waals surface area contributed by atoms with E-state index in [0.29, 0.717) is 30.9 Å². The summed E-state index contributed by atoms with van der Waals surface area (Å²) in [5, 5.41) is 5.52. The van der Waals surface area contributed by atoms with Crippen LogP contribution >= 0.6 is 0 Å². The lowest BCUT2D eigenvalue weighted by molar-refractivity contribution is -0.132. The Bertz CT molecular complexity index is 841. The van der Waals surface area contributed by atoms with Crippen LogP contribution in [0, 0.1) is 5.92 Å². The number of piperidine rings is 1. The topological polar surface area (TPSA) is 123 Å². The summed E-state index contributed by atoms with van der Waals surface area (Å²) in [6.45, 7) is 9.23. The highest BCUT2D eigenvalue weighted by Crippen LogP contribution is 2.18. The van der Waals surface area contributed by atoms with Crippen molar-refractivity contribution in [1.29, 1.82) is 0 Å². The molecule has 1 aliphatic rings. The van der Waals surface area contributed by atoms with Crippen LogP contribution in [0.5, 0.6) is 5.75 Å². The molecule has 0 aromatic heterocycles. The molecule has 1 fully saturated rings. The van der Waals surface area contributed by atoms with Gasteiger partial charge in [0.05, 0.1) is 6.61 Å². The van der Waals surface area contributed by atoms with Gasteiger partial charge in [0.25, 0.3) is 5.91 Å². The summed E-state index contributed by atoms with van der Waals surface area (Å²) in [7, 11) is 0. The summed E-state index contributed by atoms with van der Waals surface area (Å²) in [6, 6.07) is 6.23. The number of nitrogens with zero attached hydrogens (tertiary/aromatic N) is 1. The van der Waals surface area contributed by atoms with E-state index in [2.05, 4.69) is 10.6 Å². The van der Waals surface area contributed by atoms with Crippen molar-refractivity contribution in [3.63, 3.8) is 0 Å². The zero-order valence-corrected chi connectivity index (χ0v) is 20.3. The Kier molecular flexibility index (Phi) is 10.2. The average molecular weight is 478 g/mol. The number of amides is 3. The highest BCUT2D eigenvalue weighted by molar-refractivity contribution is 5.94. The monoisotopic (exact) mass is 477 g/mol. The highest BCUT2D eigenvalue weighted by atomic mass is 16.7. The molecule has 0 spiro atoms. The van der Waals surface area contributed by atoms with Gasteiger partial charge in [-0.25, -0.2) is 9.59 Å². The molecular weight excluding hydrogens is 442 g/mol. The molecule has 1 heterocycles. The first-order chi connectivity index (χ1) is 16.1. The molecule has 1 aromatic carbocycles. The van der Waals surface area contributed by atoms with Crippen LogP contribution in [0.2, 0.25) is 0 Å². The van der Waals surface area contributed by atoms with E-state index in [9.17, 15) is 19.2 Å². The minimum Gasteiger partial charge on any atom is -0.444 e. The van der Waals surface area contributed by atoms with E-state index in [0.717, 1.165) is 12.8 Å². The second-order valence-corrected chi connectivity index (χ2v) is 9.02. The zero-order valence-electron chi connectivity index (χ0n) is 20.3. The molecule has 0 atom stereocenters. The van der Waals surface area contributed by atoms with Gasteiger partial charge >= 0.3 is 12.2 Å². The highest BCUT2D eigenvalue weighted by Gasteiger charge is 2.23. The van der Waals surface area contributed by atoms with Crippen LogP contribution in [0.3, 0.4) is 0 Å². The van der Waals surface area contributed by atoms with Crippen LogP contribution < -0.4 is 15.4 Å². The van der Waals surface area contributed by atoms with Crippen LogP contribution in [0.15, 0.2) is 24.3 Å². The van der Waals surface area contributed by atoms with Gasteiger partial charge in [0, 0.05) is 38.2 Å². The van der Waals surface area contributed by atoms with Gasteiger partial charge < -0.3 is 29.7 Å². The van der Waals surface area contributed by atoms with Crippen molar-refractivity contribution in [1.82, 2.24) is 15.5 Å². The summed E-state index contributed by atoms with van der Waals surface area (Å²) in [6.07, 6.45) is 0.478. The number of likely N-dealkylation sites (tertiary alicyclic amines) is 1. The molecule has 10 nitrogen and oxygen atoms in total. The van der Waals surface area contributed by atoms with Crippen molar-refractivity contribution in [2.45, 2.75) is 52.6 Å². The molecule has 10 heteroatoms. The van der Waals surface area contributed by atoms with Crippen molar-refractivity contribution in [2.24, 2.45) is 5.92 Å². The number of hydrogen-bond donors (Lipinski definition) is 2. The lowest BCUT2D eigenvalue weighted by atomic mass is 9.96. The fourth-order valence-corrected chi connectivity index (χ4v) is 3.39. The predicted molar refractivity (Wildman–Crippen MR) is 125 cm³/mol. The van der Waals surface area contributed by atoms with Gasteiger partial charge in [0.2, 0.25) is 5.91 Å². The molecule has 34 heavy (non-hydrogen) atoms. The molecule has 1 saturated heterocycles. The number of rotatable bonds is 8. The Morgan fingerprint density at radius 2 is 1.68 bits per heavy atom.